The number of benzene rings is 2. The first-order valence-corrected chi connectivity index (χ1v) is 9.14. The topological polar surface area (TPSA) is 93.2 Å². The van der Waals surface area contributed by atoms with Crippen molar-refractivity contribution in [2.75, 3.05) is 34.9 Å². The van der Waals surface area contributed by atoms with Crippen molar-refractivity contribution >= 4 is 11.9 Å². The van der Waals surface area contributed by atoms with Crippen molar-refractivity contribution in [3.63, 3.8) is 0 Å². The number of rotatable bonds is 9. The molecular formula is C21H28N4O4. The summed E-state index contributed by atoms with van der Waals surface area (Å²) in [7, 11) is 6.49. The molecule has 0 bridgehead atoms. The molecule has 156 valence electrons. The van der Waals surface area contributed by atoms with Gasteiger partial charge in [-0.2, -0.15) is 0 Å². The van der Waals surface area contributed by atoms with Gasteiger partial charge in [0.1, 0.15) is 17.2 Å². The first-order valence-electron chi connectivity index (χ1n) is 9.14. The second kappa shape index (κ2) is 11.4. The van der Waals surface area contributed by atoms with Gasteiger partial charge >= 0.3 is 0 Å². The SMILES string of the molecule is CN=C(NCC(=O)NCc1ccc(OC)cc1)NCc1ccc(OC)cc1OC. The van der Waals surface area contributed by atoms with E-state index in [1.165, 1.54) is 0 Å². The van der Waals surface area contributed by atoms with E-state index in [1.54, 1.807) is 28.4 Å². The number of hydrogen-bond donors (Lipinski definition) is 3. The zero-order valence-corrected chi connectivity index (χ0v) is 17.2. The van der Waals surface area contributed by atoms with E-state index in [2.05, 4.69) is 20.9 Å². The Balaban J connectivity index is 1.78. The van der Waals surface area contributed by atoms with Crippen LogP contribution in [0.15, 0.2) is 47.5 Å². The Kier molecular flexibility index (Phi) is 8.62. The number of guanidine groups is 1. The standard InChI is InChI=1S/C21H28N4O4/c1-22-21(24-13-16-7-10-18(28-3)11-19(16)29-4)25-14-20(26)23-12-15-5-8-17(27-2)9-6-15/h5-11H,12-14H2,1-4H3,(H,23,26)(H2,22,24,25). The van der Waals surface area contributed by atoms with Crippen LogP contribution in [0.4, 0.5) is 0 Å². The van der Waals surface area contributed by atoms with Crippen LogP contribution in [-0.4, -0.2) is 46.8 Å². The second-order valence-corrected chi connectivity index (χ2v) is 6.08. The molecule has 0 unspecified atom stereocenters. The number of amides is 1. The summed E-state index contributed by atoms with van der Waals surface area (Å²) in [6.07, 6.45) is 0. The molecule has 0 radical (unpaired) electrons. The highest BCUT2D eigenvalue weighted by Crippen LogP contribution is 2.24. The van der Waals surface area contributed by atoms with Crippen molar-refractivity contribution in [3.05, 3.63) is 53.6 Å². The molecule has 0 saturated carbocycles. The minimum absolute atomic E-state index is 0.107. The molecule has 0 heterocycles. The Labute approximate surface area is 171 Å². The van der Waals surface area contributed by atoms with Crippen molar-refractivity contribution in [2.24, 2.45) is 4.99 Å². The van der Waals surface area contributed by atoms with Gasteiger partial charge in [-0.15, -0.1) is 0 Å². The van der Waals surface area contributed by atoms with Gasteiger partial charge in [-0.05, 0) is 29.8 Å². The third-order valence-electron chi connectivity index (χ3n) is 4.23. The van der Waals surface area contributed by atoms with Crippen LogP contribution in [0.25, 0.3) is 0 Å². The lowest BCUT2D eigenvalue weighted by molar-refractivity contribution is -0.120. The van der Waals surface area contributed by atoms with Gasteiger partial charge in [-0.3, -0.25) is 9.79 Å². The average molecular weight is 400 g/mol. The number of hydrogen-bond acceptors (Lipinski definition) is 5. The van der Waals surface area contributed by atoms with Crippen molar-refractivity contribution < 1.29 is 19.0 Å². The Hall–Kier alpha value is -3.42. The van der Waals surface area contributed by atoms with Crippen LogP contribution in [0.5, 0.6) is 17.2 Å². The summed E-state index contributed by atoms with van der Waals surface area (Å²) < 4.78 is 15.7. The highest BCUT2D eigenvalue weighted by atomic mass is 16.5. The molecule has 8 heteroatoms. The first-order chi connectivity index (χ1) is 14.1. The van der Waals surface area contributed by atoms with Crippen molar-refractivity contribution in [1.29, 1.82) is 0 Å². The largest absolute Gasteiger partial charge is 0.497 e. The predicted octanol–water partition coefficient (Wildman–Crippen LogP) is 1.69. The quantitative estimate of drug-likeness (QED) is 0.438. The molecule has 0 aliphatic heterocycles. The number of aliphatic imine (C=N–C) groups is 1. The molecule has 0 aliphatic carbocycles. The number of ether oxygens (including phenoxy) is 3. The maximum atomic E-state index is 12.1. The van der Waals surface area contributed by atoms with Crippen molar-refractivity contribution in [2.45, 2.75) is 13.1 Å². The van der Waals surface area contributed by atoms with Gasteiger partial charge in [-0.25, -0.2) is 0 Å². The van der Waals surface area contributed by atoms with Gasteiger partial charge in [0.25, 0.3) is 0 Å². The van der Waals surface area contributed by atoms with Crippen LogP contribution in [0.2, 0.25) is 0 Å². The maximum absolute atomic E-state index is 12.1. The monoisotopic (exact) mass is 400 g/mol. The van der Waals surface area contributed by atoms with E-state index in [-0.39, 0.29) is 12.5 Å². The Morgan fingerprint density at radius 3 is 2.17 bits per heavy atom. The Bertz CT molecular complexity index is 822. The molecule has 2 aromatic rings. The van der Waals surface area contributed by atoms with Crippen LogP contribution in [0.1, 0.15) is 11.1 Å². The molecule has 3 N–H and O–H groups in total. The van der Waals surface area contributed by atoms with Gasteiger partial charge in [-0.1, -0.05) is 12.1 Å². The van der Waals surface area contributed by atoms with Crippen molar-refractivity contribution in [1.82, 2.24) is 16.0 Å². The minimum atomic E-state index is -0.134. The zero-order valence-electron chi connectivity index (χ0n) is 17.2. The fourth-order valence-corrected chi connectivity index (χ4v) is 2.57. The molecule has 2 aromatic carbocycles. The summed E-state index contributed by atoms with van der Waals surface area (Å²) in [6.45, 7) is 1.04. The Morgan fingerprint density at radius 1 is 0.862 bits per heavy atom. The normalized spacial score (nSPS) is 10.8. The maximum Gasteiger partial charge on any atom is 0.239 e. The van der Waals surface area contributed by atoms with Gasteiger partial charge in [0.05, 0.1) is 27.9 Å². The van der Waals surface area contributed by atoms with E-state index >= 15 is 0 Å². The van der Waals surface area contributed by atoms with Crippen LogP contribution in [0.3, 0.4) is 0 Å². The molecule has 8 nitrogen and oxygen atoms in total. The van der Waals surface area contributed by atoms with Gasteiger partial charge in [0.2, 0.25) is 5.91 Å². The van der Waals surface area contributed by atoms with Crippen molar-refractivity contribution in [3.8, 4) is 17.2 Å². The molecule has 0 aliphatic rings. The summed E-state index contributed by atoms with van der Waals surface area (Å²) >= 11 is 0. The van der Waals surface area contributed by atoms with Crippen LogP contribution in [0, 0.1) is 0 Å². The average Bonchev–Trinajstić information content (AvgIpc) is 2.78. The Morgan fingerprint density at radius 2 is 1.55 bits per heavy atom. The lowest BCUT2D eigenvalue weighted by Crippen LogP contribution is -2.42. The number of methoxy groups -OCH3 is 3. The number of nitrogens with one attached hydrogen (secondary N) is 3. The first kappa shape index (κ1) is 21.9. The summed E-state index contributed by atoms with van der Waals surface area (Å²) in [5.74, 6) is 2.60. The molecule has 2 rings (SSSR count). The van der Waals surface area contributed by atoms with E-state index in [0.29, 0.717) is 24.8 Å². The third kappa shape index (κ3) is 6.91. The molecule has 0 atom stereocenters. The highest BCUT2D eigenvalue weighted by molar-refractivity contribution is 5.86. The molecule has 0 spiro atoms. The van der Waals surface area contributed by atoms with Crippen LogP contribution in [-0.2, 0) is 17.9 Å². The summed E-state index contributed by atoms with van der Waals surface area (Å²) in [6, 6.07) is 13.1. The second-order valence-electron chi connectivity index (χ2n) is 6.08. The lowest BCUT2D eigenvalue weighted by atomic mass is 10.2. The predicted molar refractivity (Wildman–Crippen MR) is 113 cm³/mol. The smallest absolute Gasteiger partial charge is 0.239 e. The van der Waals surface area contributed by atoms with Gasteiger partial charge in [0.15, 0.2) is 5.96 Å². The summed E-state index contributed by atoms with van der Waals surface area (Å²) in [5.41, 5.74) is 1.94. The van der Waals surface area contributed by atoms with E-state index in [4.69, 9.17) is 14.2 Å². The zero-order chi connectivity index (χ0) is 21.1. The van der Waals surface area contributed by atoms with Crippen LogP contribution >= 0.6 is 0 Å². The van der Waals surface area contributed by atoms with Gasteiger partial charge in [0, 0.05) is 31.8 Å². The minimum Gasteiger partial charge on any atom is -0.497 e. The number of carbonyl (C=O) groups excluding carboxylic acids is 1. The third-order valence-corrected chi connectivity index (χ3v) is 4.23. The summed E-state index contributed by atoms with van der Waals surface area (Å²) in [4.78, 5) is 16.2. The number of nitrogens with zero attached hydrogens (tertiary/aromatic N) is 1. The fourth-order valence-electron chi connectivity index (χ4n) is 2.57. The molecule has 0 saturated heterocycles. The molecule has 29 heavy (non-hydrogen) atoms. The van der Waals surface area contributed by atoms with Crippen LogP contribution < -0.4 is 30.2 Å². The molecule has 0 fully saturated rings. The van der Waals surface area contributed by atoms with E-state index in [1.807, 2.05) is 42.5 Å². The molecule has 0 aromatic heterocycles. The summed E-state index contributed by atoms with van der Waals surface area (Å²) in [5, 5.41) is 9.02. The molecule has 1 amide bonds. The van der Waals surface area contributed by atoms with Gasteiger partial charge < -0.3 is 30.2 Å². The highest BCUT2D eigenvalue weighted by Gasteiger charge is 2.08. The number of carbonyl (C=O) groups is 1. The van der Waals surface area contributed by atoms with E-state index in [0.717, 1.165) is 22.6 Å². The van der Waals surface area contributed by atoms with E-state index in [9.17, 15) is 4.79 Å². The lowest BCUT2D eigenvalue weighted by Gasteiger charge is -2.14. The fraction of sp³-hybridized carbons (Fsp3) is 0.333. The van der Waals surface area contributed by atoms with E-state index < -0.39 is 0 Å². The molecular weight excluding hydrogens is 372 g/mol.